The number of alkyl halides is 2. The molecule has 0 unspecified atom stereocenters. The van der Waals surface area contributed by atoms with Crippen molar-refractivity contribution in [3.05, 3.63) is 388 Å². The van der Waals surface area contributed by atoms with E-state index in [1.54, 1.807) is 104 Å². The van der Waals surface area contributed by atoms with Crippen molar-refractivity contribution in [2.24, 2.45) is 30.0 Å². The third-order valence-corrected chi connectivity index (χ3v) is 29.9. The molecule has 31 heteroatoms. The lowest BCUT2D eigenvalue weighted by atomic mass is 9.96. The number of carbonyl (C=O) groups excluding carboxylic acids is 7. The summed E-state index contributed by atoms with van der Waals surface area (Å²) in [7, 11) is 0. The van der Waals surface area contributed by atoms with Gasteiger partial charge >= 0.3 is 0 Å². The number of aromatic nitrogens is 6. The summed E-state index contributed by atoms with van der Waals surface area (Å²) in [5.41, 5.74) is 19.3. The van der Waals surface area contributed by atoms with Crippen molar-refractivity contribution in [1.29, 1.82) is 0 Å². The number of hydrogen-bond acceptors (Lipinski definition) is 21. The molecular formula is C104H78ClF2N13O8S7. The minimum absolute atomic E-state index is 0.0101. The largest absolute Gasteiger partial charge is 0.488 e. The fourth-order valence-corrected chi connectivity index (χ4v) is 23.5. The van der Waals surface area contributed by atoms with Gasteiger partial charge in [0.1, 0.15) is 12.4 Å². The Morgan fingerprint density at radius 3 is 1.30 bits per heavy atom. The van der Waals surface area contributed by atoms with Crippen LogP contribution in [0.5, 0.6) is 5.75 Å². The minimum Gasteiger partial charge on any atom is -0.488 e. The summed E-state index contributed by atoms with van der Waals surface area (Å²) in [6, 6.07) is 66.8. The Morgan fingerprint density at radius 2 is 0.807 bits per heavy atom. The van der Waals surface area contributed by atoms with Gasteiger partial charge in [-0.05, 0) is 153 Å². The quantitative estimate of drug-likeness (QED) is 0.0869. The lowest BCUT2D eigenvalue weighted by molar-refractivity contribution is 0.0775. The molecule has 21 nitrogen and oxygen atoms in total. The van der Waals surface area contributed by atoms with Crippen LogP contribution >= 0.6 is 91.0 Å². The smallest absolute Gasteiger partial charge is 0.279 e. The Labute approximate surface area is 807 Å². The Kier molecular flexibility index (Phi) is 29.2. The molecule has 22 rings (SSSR count). The summed E-state index contributed by atoms with van der Waals surface area (Å²) < 4.78 is 29.3. The molecule has 0 atom stereocenters. The molecule has 670 valence electrons. The van der Waals surface area contributed by atoms with E-state index in [9.17, 15) is 42.3 Å². The van der Waals surface area contributed by atoms with Gasteiger partial charge in [-0.25, -0.2) is 38.7 Å². The summed E-state index contributed by atoms with van der Waals surface area (Å²) in [6.45, 7) is 10.4. The second-order valence-electron chi connectivity index (χ2n) is 30.8. The van der Waals surface area contributed by atoms with Gasteiger partial charge in [0.25, 0.3) is 47.8 Å². The second kappa shape index (κ2) is 42.4. The van der Waals surface area contributed by atoms with E-state index >= 15 is 0 Å². The zero-order chi connectivity index (χ0) is 93.8. The van der Waals surface area contributed by atoms with E-state index in [-0.39, 0.29) is 47.1 Å². The van der Waals surface area contributed by atoms with Gasteiger partial charge in [-0.2, -0.15) is 0 Å². The number of fused-ring (bicyclic) bond motifs is 6. The minimum atomic E-state index is -2.54. The van der Waals surface area contributed by atoms with Crippen molar-refractivity contribution in [3.8, 4) is 48.9 Å². The van der Waals surface area contributed by atoms with E-state index in [1.165, 1.54) is 29.7 Å². The van der Waals surface area contributed by atoms with Crippen molar-refractivity contribution in [2.45, 2.75) is 79.6 Å². The monoisotopic (exact) mass is 1930 g/mol. The van der Waals surface area contributed by atoms with Crippen LogP contribution < -0.4 is 4.74 Å². The van der Waals surface area contributed by atoms with Crippen molar-refractivity contribution in [3.63, 3.8) is 0 Å². The molecule has 0 N–H and O–H groups in total. The summed E-state index contributed by atoms with van der Waals surface area (Å²) >= 11 is 17.4. The molecule has 0 saturated carbocycles. The third kappa shape index (κ3) is 21.1. The van der Waals surface area contributed by atoms with Crippen molar-refractivity contribution < 1.29 is 47.1 Å². The molecule has 3 aromatic carbocycles. The van der Waals surface area contributed by atoms with Crippen LogP contribution in [0.3, 0.4) is 0 Å². The van der Waals surface area contributed by atoms with Crippen LogP contribution in [0.4, 0.5) is 8.78 Å². The van der Waals surface area contributed by atoms with Gasteiger partial charge in [-0.15, -0.1) is 79.4 Å². The summed E-state index contributed by atoms with van der Waals surface area (Å²) in [5, 5.41) is 6.71. The topological polar surface area (TPSA) is 283 Å². The highest BCUT2D eigenvalue weighted by Gasteiger charge is 2.35. The van der Waals surface area contributed by atoms with E-state index in [0.717, 1.165) is 150 Å². The first-order valence-corrected chi connectivity index (χ1v) is 49.0. The SMILES string of the molecule is CCN(CC)C(=O)c1sc2c(c1C)C(=O)N=C(c1ccccn1)C2.Cc1cc2c(s1)CC(c1cc(OCC(F)F)ccn1)=NC2=O.Cc1sc2c(c1-c1ccccc1)C(=O)N=C(c1ccccn1)C2.O=C1N=C(c2ccccn2)Cc2sc(-c3ccccc3)cc21.O=C1N=C(c2ccccn2)Cc2scc(-c3ccccc3Cl)c21.O=C1N=C(c2ccccn2)Cc2scc(-c3cccs3)c21. The maximum absolute atomic E-state index is 12.7. The predicted molar refractivity (Wildman–Crippen MR) is 536 cm³/mol. The van der Waals surface area contributed by atoms with E-state index in [4.69, 9.17) is 16.3 Å². The molecule has 16 aromatic rings. The van der Waals surface area contributed by atoms with Gasteiger partial charge in [0, 0.05) is 176 Å². The first kappa shape index (κ1) is 92.8. The molecule has 135 heavy (non-hydrogen) atoms. The number of carbonyl (C=O) groups is 7. The van der Waals surface area contributed by atoms with Gasteiger partial charge in [0.15, 0.2) is 0 Å². The van der Waals surface area contributed by atoms with Gasteiger partial charge in [-0.3, -0.25) is 63.5 Å². The van der Waals surface area contributed by atoms with Crippen LogP contribution in [0, 0.1) is 20.8 Å². The molecule has 0 fully saturated rings. The molecular weight excluding hydrogens is 1860 g/mol. The average Bonchev–Trinajstić information content (AvgIpc) is 1.65. The third-order valence-electron chi connectivity index (χ3n) is 22.1. The molecule has 19 heterocycles. The standard InChI is InChI=1S/C19H14N2OS.C18H11ClN2OS.C18H19N3O2S.C18H12N2OS.C16H10N2OS2.C15H12F2N2O2S/c1-12-17(13-7-3-2-4-8-13)18-16(23-12)11-15(21-19(18)22)14-9-5-6-10-20-14;19-13-6-2-1-5-11(13)12-10-23-16-9-15(21-18(22)17(12)16)14-7-3-4-8-20-14;1-4-21(5-2)18(23)16-11(3)15-14(24-16)10-13(20-17(15)22)12-8-6-7-9-19-12;21-18-13-10-16(12-6-2-1-3-7-12)22-17(13)11-15(20-18)14-8-4-5-9-19-14;19-16-15-10(13-5-3-7-20-13)9-21-14(15)8-12(18-16)11-4-1-2-6-17-11;1-8-4-10-13(22-8)6-12(19-15(10)20)11-5-9(2-3-18-11)21-7-14(16)17/h2-10H,11H2,1H3;1-8,10H,9H2;6-9H,4-5,10H2,1-3H3;1-10H,11H2;1-7,9H,8H2;2-5,14H,6-7H2,1H3. The Morgan fingerprint density at radius 1 is 0.378 bits per heavy atom. The van der Waals surface area contributed by atoms with Crippen LogP contribution in [0.25, 0.3) is 43.1 Å². The lowest BCUT2D eigenvalue weighted by Gasteiger charge is -2.18. The number of rotatable bonds is 16. The molecule has 0 aliphatic carbocycles. The first-order valence-electron chi connectivity index (χ1n) is 42.7. The zero-order valence-electron chi connectivity index (χ0n) is 72.9. The highest BCUT2D eigenvalue weighted by atomic mass is 35.5. The second-order valence-corrected chi connectivity index (χ2v) is 39.0. The first-order chi connectivity index (χ1) is 65.7. The lowest BCUT2D eigenvalue weighted by Crippen LogP contribution is -2.30. The summed E-state index contributed by atoms with van der Waals surface area (Å²) in [4.78, 5) is 151. The van der Waals surface area contributed by atoms with Crippen LogP contribution in [0.15, 0.2) is 296 Å². The number of thiophene rings is 7. The fourth-order valence-electron chi connectivity index (χ4n) is 15.7. The maximum Gasteiger partial charge on any atom is 0.279 e. The van der Waals surface area contributed by atoms with Gasteiger partial charge in [0.05, 0.1) is 107 Å². The van der Waals surface area contributed by atoms with Gasteiger partial charge < -0.3 is 9.64 Å². The maximum atomic E-state index is 12.7. The summed E-state index contributed by atoms with van der Waals surface area (Å²) in [6.07, 6.45) is 11.2. The van der Waals surface area contributed by atoms with Crippen molar-refractivity contribution >= 4 is 167 Å². The highest BCUT2D eigenvalue weighted by molar-refractivity contribution is 7.16. The van der Waals surface area contributed by atoms with Crippen LogP contribution in [-0.2, 0) is 38.5 Å². The summed E-state index contributed by atoms with van der Waals surface area (Å²) in [5.74, 6) is -0.983. The number of nitrogens with zero attached hydrogens (tertiary/aromatic N) is 13. The Balaban J connectivity index is 0.000000113. The molecule has 0 spiro atoms. The normalized spacial score (nSPS) is 13.7. The van der Waals surface area contributed by atoms with Crippen molar-refractivity contribution in [1.82, 2.24) is 34.8 Å². The van der Waals surface area contributed by atoms with E-state index in [2.05, 4.69) is 84.3 Å². The number of hydrogen-bond donors (Lipinski definition) is 0. The number of aryl methyl sites for hydroxylation is 2. The number of pyridine rings is 6. The molecule has 7 amide bonds. The Bertz CT molecular complexity index is 7380. The van der Waals surface area contributed by atoms with Crippen LogP contribution in [0.2, 0.25) is 5.02 Å². The number of amides is 7. The number of ether oxygens (including phenoxy) is 1. The Hall–Kier alpha value is -14.1. The van der Waals surface area contributed by atoms with Crippen molar-refractivity contribution in [2.75, 3.05) is 19.7 Å². The molecule has 13 aromatic heterocycles. The van der Waals surface area contributed by atoms with E-state index in [1.807, 2.05) is 227 Å². The van der Waals surface area contributed by atoms with Crippen LogP contribution in [-0.4, -0.2) is 137 Å². The molecule has 6 aliphatic heterocycles. The van der Waals surface area contributed by atoms with E-state index < -0.39 is 13.0 Å². The number of aliphatic imine (C=N–C) groups is 6. The number of benzene rings is 3. The highest BCUT2D eigenvalue weighted by Crippen LogP contribution is 2.44. The van der Waals surface area contributed by atoms with Crippen LogP contribution in [0.1, 0.15) is 164 Å². The molecule has 6 aliphatic rings. The molecule has 0 radical (unpaired) electrons. The fraction of sp³-hybridized carbons (Fsp3) is 0.144. The molecule has 0 saturated heterocycles. The predicted octanol–water partition coefficient (Wildman–Crippen LogP) is 23.4. The molecule has 0 bridgehead atoms. The van der Waals surface area contributed by atoms with Gasteiger partial charge in [-0.1, -0.05) is 127 Å². The average molecular weight is 1940 g/mol. The number of halogens is 3. The zero-order valence-corrected chi connectivity index (χ0v) is 79.4. The van der Waals surface area contributed by atoms with Gasteiger partial charge in [0.2, 0.25) is 0 Å². The van der Waals surface area contributed by atoms with E-state index in [0.29, 0.717) is 101 Å².